The fraction of sp³-hybridized carbons (Fsp3) is 0.143. The lowest BCUT2D eigenvalue weighted by molar-refractivity contribution is -0.114. The number of benzene rings is 2. The molecule has 0 atom stereocenters. The van der Waals surface area contributed by atoms with Crippen LogP contribution in [0.1, 0.15) is 29.8 Å². The van der Waals surface area contributed by atoms with Gasteiger partial charge >= 0.3 is 11.6 Å². The highest BCUT2D eigenvalue weighted by Crippen LogP contribution is 2.30. The first-order valence-corrected chi connectivity index (χ1v) is 8.78. The second kappa shape index (κ2) is 8.39. The Labute approximate surface area is 165 Å². The zero-order valence-corrected chi connectivity index (χ0v) is 15.8. The van der Waals surface area contributed by atoms with Crippen molar-refractivity contribution in [1.82, 2.24) is 0 Å². The molecule has 0 spiro atoms. The van der Waals surface area contributed by atoms with Crippen LogP contribution in [0.3, 0.4) is 0 Å². The second-order valence-electron chi connectivity index (χ2n) is 6.04. The van der Waals surface area contributed by atoms with E-state index >= 15 is 0 Å². The fourth-order valence-corrected chi connectivity index (χ4v) is 2.66. The molecule has 1 heterocycles. The summed E-state index contributed by atoms with van der Waals surface area (Å²) in [6.45, 7) is 3.32. The molecule has 0 radical (unpaired) electrons. The molecule has 0 bridgehead atoms. The van der Waals surface area contributed by atoms with E-state index in [0.717, 1.165) is 0 Å². The van der Waals surface area contributed by atoms with Gasteiger partial charge in [0.05, 0.1) is 28.9 Å². The summed E-state index contributed by atoms with van der Waals surface area (Å²) in [6, 6.07) is 11.0. The molecule has 0 unspecified atom stereocenters. The van der Waals surface area contributed by atoms with Crippen molar-refractivity contribution in [3.8, 4) is 5.75 Å². The Morgan fingerprint density at radius 1 is 1.21 bits per heavy atom. The predicted octanol–water partition coefficient (Wildman–Crippen LogP) is 3.38. The molecule has 1 amide bonds. The van der Waals surface area contributed by atoms with Crippen LogP contribution in [0.2, 0.25) is 0 Å². The molecule has 29 heavy (non-hydrogen) atoms. The SMILES string of the molecule is CCOC(=O)c1ccc(N=Cc2c(O)c3cccc(NC(C)=O)c3oc2=O)cc1. The van der Waals surface area contributed by atoms with Gasteiger partial charge in [-0.1, -0.05) is 6.07 Å². The zero-order valence-electron chi connectivity index (χ0n) is 15.8. The number of carbonyl (C=O) groups is 2. The number of fused-ring (bicyclic) bond motifs is 1. The maximum Gasteiger partial charge on any atom is 0.349 e. The van der Waals surface area contributed by atoms with Crippen molar-refractivity contribution in [2.75, 3.05) is 11.9 Å². The van der Waals surface area contributed by atoms with E-state index in [0.29, 0.717) is 11.3 Å². The highest BCUT2D eigenvalue weighted by atomic mass is 16.5. The third-order valence-corrected chi connectivity index (χ3v) is 3.97. The summed E-state index contributed by atoms with van der Waals surface area (Å²) in [5.74, 6) is -1.09. The quantitative estimate of drug-likeness (QED) is 0.389. The summed E-state index contributed by atoms with van der Waals surface area (Å²) in [6.07, 6.45) is 1.19. The normalized spacial score (nSPS) is 11.0. The van der Waals surface area contributed by atoms with Crippen LogP contribution in [-0.2, 0) is 9.53 Å². The molecule has 1 aromatic heterocycles. The van der Waals surface area contributed by atoms with Crippen LogP contribution >= 0.6 is 0 Å². The van der Waals surface area contributed by atoms with Crippen LogP contribution in [0.15, 0.2) is 56.7 Å². The lowest BCUT2D eigenvalue weighted by Gasteiger charge is -2.08. The van der Waals surface area contributed by atoms with Gasteiger partial charge in [0.15, 0.2) is 5.58 Å². The number of esters is 1. The Balaban J connectivity index is 1.95. The van der Waals surface area contributed by atoms with Crippen LogP contribution in [0.4, 0.5) is 11.4 Å². The Morgan fingerprint density at radius 2 is 1.93 bits per heavy atom. The van der Waals surface area contributed by atoms with Gasteiger partial charge in [-0.3, -0.25) is 9.79 Å². The third-order valence-electron chi connectivity index (χ3n) is 3.97. The predicted molar refractivity (Wildman–Crippen MR) is 108 cm³/mol. The molecule has 2 N–H and O–H groups in total. The molecule has 0 saturated carbocycles. The number of anilines is 1. The van der Waals surface area contributed by atoms with Crippen molar-refractivity contribution in [3.63, 3.8) is 0 Å². The molecular weight excluding hydrogens is 376 g/mol. The molecule has 8 heteroatoms. The first-order chi connectivity index (χ1) is 13.9. The highest BCUT2D eigenvalue weighted by molar-refractivity contribution is 6.02. The molecule has 8 nitrogen and oxygen atoms in total. The lowest BCUT2D eigenvalue weighted by atomic mass is 10.1. The Morgan fingerprint density at radius 3 is 2.59 bits per heavy atom. The lowest BCUT2D eigenvalue weighted by Crippen LogP contribution is -2.10. The van der Waals surface area contributed by atoms with E-state index < -0.39 is 11.6 Å². The number of nitrogens with zero attached hydrogens (tertiary/aromatic N) is 1. The molecule has 0 fully saturated rings. The van der Waals surface area contributed by atoms with E-state index in [2.05, 4.69) is 10.3 Å². The van der Waals surface area contributed by atoms with Crippen LogP contribution < -0.4 is 10.9 Å². The van der Waals surface area contributed by atoms with E-state index in [1.54, 1.807) is 49.4 Å². The van der Waals surface area contributed by atoms with Crippen LogP contribution in [0, 0.1) is 0 Å². The Hall–Kier alpha value is -3.94. The van der Waals surface area contributed by atoms with Gasteiger partial charge in [0, 0.05) is 13.1 Å². The average molecular weight is 394 g/mol. The van der Waals surface area contributed by atoms with Crippen molar-refractivity contribution in [3.05, 3.63) is 64.0 Å². The second-order valence-corrected chi connectivity index (χ2v) is 6.04. The number of carbonyl (C=O) groups excluding carboxylic acids is 2. The van der Waals surface area contributed by atoms with Crippen LogP contribution in [-0.4, -0.2) is 29.8 Å². The number of para-hydroxylation sites is 1. The summed E-state index contributed by atoms with van der Waals surface area (Å²) < 4.78 is 10.2. The summed E-state index contributed by atoms with van der Waals surface area (Å²) in [7, 11) is 0. The van der Waals surface area contributed by atoms with Gasteiger partial charge in [0.25, 0.3) is 0 Å². The smallest absolute Gasteiger partial charge is 0.349 e. The maximum atomic E-state index is 12.3. The molecule has 3 aromatic rings. The number of nitrogens with one attached hydrogen (secondary N) is 1. The third kappa shape index (κ3) is 4.32. The minimum Gasteiger partial charge on any atom is -0.506 e. The molecule has 0 aliphatic carbocycles. The monoisotopic (exact) mass is 394 g/mol. The van der Waals surface area contributed by atoms with Gasteiger partial charge in [0.2, 0.25) is 5.91 Å². The van der Waals surface area contributed by atoms with E-state index in [1.165, 1.54) is 13.1 Å². The Kier molecular flexibility index (Phi) is 5.73. The summed E-state index contributed by atoms with van der Waals surface area (Å²) >= 11 is 0. The highest BCUT2D eigenvalue weighted by Gasteiger charge is 2.15. The molecular formula is C21H18N2O6. The topological polar surface area (TPSA) is 118 Å². The molecule has 3 rings (SSSR count). The number of hydrogen-bond donors (Lipinski definition) is 2. The van der Waals surface area contributed by atoms with Gasteiger partial charge in [-0.15, -0.1) is 0 Å². The first-order valence-electron chi connectivity index (χ1n) is 8.78. The summed E-state index contributed by atoms with van der Waals surface area (Å²) in [5, 5.41) is 13.3. The molecule has 148 valence electrons. The number of aliphatic imine (C=N–C) groups is 1. The van der Waals surface area contributed by atoms with Crippen molar-refractivity contribution in [1.29, 1.82) is 0 Å². The van der Waals surface area contributed by atoms with Crippen LogP contribution in [0.25, 0.3) is 11.0 Å². The standard InChI is InChI=1S/C21H18N2O6/c1-3-28-20(26)13-7-9-14(10-8-13)22-11-16-18(25)15-5-4-6-17(23-12(2)24)19(15)29-21(16)27/h4-11,25H,3H2,1-2H3,(H,23,24). The number of rotatable bonds is 5. The summed E-state index contributed by atoms with van der Waals surface area (Å²) in [4.78, 5) is 39.5. The van der Waals surface area contributed by atoms with Gasteiger partial charge in [-0.05, 0) is 43.3 Å². The molecule has 0 aliphatic heterocycles. The number of amides is 1. The first kappa shape index (κ1) is 19.8. The van der Waals surface area contributed by atoms with Crippen molar-refractivity contribution in [2.45, 2.75) is 13.8 Å². The molecule has 2 aromatic carbocycles. The van der Waals surface area contributed by atoms with Gasteiger partial charge in [-0.25, -0.2) is 9.59 Å². The van der Waals surface area contributed by atoms with Gasteiger partial charge in [0.1, 0.15) is 11.3 Å². The maximum absolute atomic E-state index is 12.3. The van der Waals surface area contributed by atoms with Crippen molar-refractivity contribution >= 4 is 40.4 Å². The zero-order chi connectivity index (χ0) is 21.0. The largest absolute Gasteiger partial charge is 0.506 e. The van der Waals surface area contributed by atoms with E-state index in [1.807, 2.05) is 0 Å². The number of hydrogen-bond acceptors (Lipinski definition) is 7. The Bertz CT molecular complexity index is 1160. The van der Waals surface area contributed by atoms with E-state index in [9.17, 15) is 19.5 Å². The van der Waals surface area contributed by atoms with Crippen LogP contribution in [0.5, 0.6) is 5.75 Å². The van der Waals surface area contributed by atoms with E-state index in [4.69, 9.17) is 9.15 Å². The van der Waals surface area contributed by atoms with Crippen molar-refractivity contribution in [2.24, 2.45) is 4.99 Å². The fourth-order valence-electron chi connectivity index (χ4n) is 2.66. The van der Waals surface area contributed by atoms with Gasteiger partial charge in [-0.2, -0.15) is 0 Å². The minimum absolute atomic E-state index is 0.0705. The van der Waals surface area contributed by atoms with Gasteiger partial charge < -0.3 is 19.6 Å². The number of ether oxygens (including phenoxy) is 1. The van der Waals surface area contributed by atoms with Crippen molar-refractivity contribution < 1.29 is 23.8 Å². The average Bonchev–Trinajstić information content (AvgIpc) is 2.69. The minimum atomic E-state index is -0.806. The molecule has 0 aliphatic rings. The molecule has 0 saturated heterocycles. The number of aromatic hydroxyl groups is 1. The summed E-state index contributed by atoms with van der Waals surface area (Å²) in [5.41, 5.74) is 0.251. The van der Waals surface area contributed by atoms with E-state index in [-0.39, 0.29) is 40.5 Å².